The number of benzene rings is 1. The smallest absolute Gasteiger partial charge is 0.324 e. The lowest BCUT2D eigenvalue weighted by atomic mass is 10.1. The van der Waals surface area contributed by atoms with Gasteiger partial charge in [-0.05, 0) is 48.5 Å². The summed E-state index contributed by atoms with van der Waals surface area (Å²) >= 11 is 0. The molecule has 2 aliphatic rings. The number of nitrogens with zero attached hydrogens (tertiary/aromatic N) is 4. The zero-order valence-corrected chi connectivity index (χ0v) is 15.2. The average molecular weight is 390 g/mol. The fraction of sp³-hybridized carbons (Fsp3) is 0.0952. The van der Waals surface area contributed by atoms with E-state index in [1.54, 1.807) is 42.7 Å². The van der Waals surface area contributed by atoms with Gasteiger partial charge in [-0.25, -0.2) is 9.18 Å². The van der Waals surface area contributed by atoms with Crippen molar-refractivity contribution in [2.45, 2.75) is 13.1 Å². The molecule has 4 rings (SSSR count). The van der Waals surface area contributed by atoms with E-state index in [2.05, 4.69) is 9.97 Å². The predicted octanol–water partition coefficient (Wildman–Crippen LogP) is 1.98. The van der Waals surface area contributed by atoms with Gasteiger partial charge in [-0.3, -0.25) is 19.1 Å². The summed E-state index contributed by atoms with van der Waals surface area (Å²) < 4.78 is 15.5. The molecule has 1 aromatic heterocycles. The van der Waals surface area contributed by atoms with Crippen LogP contribution in [-0.4, -0.2) is 24.9 Å². The highest BCUT2D eigenvalue weighted by atomic mass is 19.1. The quantitative estimate of drug-likeness (QED) is 0.487. The molecule has 29 heavy (non-hydrogen) atoms. The molecule has 2 aromatic rings. The van der Waals surface area contributed by atoms with E-state index in [0.29, 0.717) is 11.3 Å². The monoisotopic (exact) mass is 390 g/mol. The highest BCUT2D eigenvalue weighted by molar-refractivity contribution is 5.96. The molecular formula is C21H15FN4O3. The first-order valence-electron chi connectivity index (χ1n) is 8.81. The van der Waals surface area contributed by atoms with Gasteiger partial charge in [-0.1, -0.05) is 6.07 Å². The molecule has 0 unspecified atom stereocenters. The molecule has 7 nitrogen and oxygen atoms in total. The number of fused-ring (bicyclic) bond motifs is 1. The molecule has 0 atom stereocenters. The third kappa shape index (κ3) is 3.73. The number of carbonyl (C=O) groups excluding carboxylic acids is 1. The standard InChI is InChI=1S/C21H15FN4O3/c22-15-8-6-14(7-9-15)18(27)13-25-11-3-5-17-19(25)24-21(29)26(20(17)28)12-16-4-1-2-10-23-16/h1-11H,12-13H2. The summed E-state index contributed by atoms with van der Waals surface area (Å²) in [5, 5.41) is 0. The number of aromatic nitrogens is 4. The Hall–Kier alpha value is -3.94. The summed E-state index contributed by atoms with van der Waals surface area (Å²) in [6, 6.07) is 13.5. The average Bonchev–Trinajstić information content (AvgIpc) is 2.73. The van der Waals surface area contributed by atoms with Crippen LogP contribution in [0.2, 0.25) is 0 Å². The molecule has 0 saturated carbocycles. The molecule has 2 aliphatic heterocycles. The van der Waals surface area contributed by atoms with Crippen LogP contribution in [0.1, 0.15) is 16.1 Å². The van der Waals surface area contributed by atoms with Crippen LogP contribution in [0.5, 0.6) is 0 Å². The van der Waals surface area contributed by atoms with Crippen molar-refractivity contribution in [3.63, 3.8) is 0 Å². The van der Waals surface area contributed by atoms with Gasteiger partial charge in [-0.2, -0.15) is 4.98 Å². The summed E-state index contributed by atoms with van der Waals surface area (Å²) in [6.45, 7) is -0.135. The normalized spacial score (nSPS) is 10.9. The van der Waals surface area contributed by atoms with Gasteiger partial charge in [0, 0.05) is 18.0 Å². The second-order valence-electron chi connectivity index (χ2n) is 6.41. The summed E-state index contributed by atoms with van der Waals surface area (Å²) in [4.78, 5) is 46.0. The fourth-order valence-corrected chi connectivity index (χ4v) is 3.02. The van der Waals surface area contributed by atoms with Gasteiger partial charge in [0.05, 0.1) is 24.3 Å². The van der Waals surface area contributed by atoms with Crippen molar-refractivity contribution < 1.29 is 9.18 Å². The summed E-state index contributed by atoms with van der Waals surface area (Å²) in [6.07, 6.45) is 3.15. The lowest BCUT2D eigenvalue weighted by Gasteiger charge is -2.14. The first kappa shape index (κ1) is 18.4. The summed E-state index contributed by atoms with van der Waals surface area (Å²) in [5.74, 6) is -0.616. The second-order valence-corrected chi connectivity index (χ2v) is 6.41. The van der Waals surface area contributed by atoms with Crippen LogP contribution in [0.4, 0.5) is 4.39 Å². The lowest BCUT2D eigenvalue weighted by molar-refractivity contribution is 0.0972. The van der Waals surface area contributed by atoms with E-state index >= 15 is 0 Å². The zero-order valence-electron chi connectivity index (χ0n) is 15.2. The number of hydrogen-bond donors (Lipinski definition) is 0. The third-order valence-electron chi connectivity index (χ3n) is 4.48. The number of carbonyl (C=O) groups is 1. The summed E-state index contributed by atoms with van der Waals surface area (Å²) in [7, 11) is 0. The van der Waals surface area contributed by atoms with Crippen LogP contribution in [0.3, 0.4) is 0 Å². The van der Waals surface area contributed by atoms with Crippen LogP contribution >= 0.6 is 0 Å². The first-order valence-corrected chi connectivity index (χ1v) is 8.81. The van der Waals surface area contributed by atoms with Gasteiger partial charge in [-0.15, -0.1) is 0 Å². The van der Waals surface area contributed by atoms with Crippen molar-refractivity contribution in [1.82, 2.24) is 19.1 Å². The van der Waals surface area contributed by atoms with E-state index in [1.165, 1.54) is 28.8 Å². The lowest BCUT2D eigenvalue weighted by Crippen LogP contribution is -2.38. The SMILES string of the molecule is O=C(Cn1cccc2c(=O)n(Cc3ccccn3)c(=O)nc1-2)c1ccc(F)cc1. The van der Waals surface area contributed by atoms with Crippen LogP contribution in [0.15, 0.2) is 76.6 Å². The molecule has 0 saturated heterocycles. The molecule has 144 valence electrons. The molecule has 1 aromatic carbocycles. The fourth-order valence-electron chi connectivity index (χ4n) is 3.02. The van der Waals surface area contributed by atoms with Gasteiger partial charge in [0.2, 0.25) is 0 Å². The Morgan fingerprint density at radius 1 is 1.00 bits per heavy atom. The minimum atomic E-state index is -0.720. The molecule has 8 heteroatoms. The van der Waals surface area contributed by atoms with Gasteiger partial charge in [0.25, 0.3) is 5.56 Å². The number of hydrogen-bond acceptors (Lipinski definition) is 5. The zero-order chi connectivity index (χ0) is 20.4. The Kier molecular flexibility index (Phi) is 4.82. The van der Waals surface area contributed by atoms with E-state index in [9.17, 15) is 18.8 Å². The predicted molar refractivity (Wildman–Crippen MR) is 103 cm³/mol. The molecule has 0 N–H and O–H groups in total. The Labute approximate surface area is 164 Å². The minimum absolute atomic E-state index is 0.00481. The van der Waals surface area contributed by atoms with Crippen molar-refractivity contribution >= 4 is 5.78 Å². The molecule has 0 fully saturated rings. The van der Waals surface area contributed by atoms with Crippen LogP contribution in [0, 0.1) is 5.82 Å². The topological polar surface area (TPSA) is 86.9 Å². The Bertz CT molecular complexity index is 1260. The summed E-state index contributed by atoms with van der Waals surface area (Å²) in [5.41, 5.74) is -0.128. The van der Waals surface area contributed by atoms with Crippen LogP contribution in [-0.2, 0) is 13.1 Å². The van der Waals surface area contributed by atoms with Gasteiger partial charge >= 0.3 is 5.69 Å². The maximum atomic E-state index is 13.1. The molecule has 0 spiro atoms. The molecule has 0 aliphatic carbocycles. The van der Waals surface area contributed by atoms with Crippen molar-refractivity contribution in [3.05, 3.63) is 105 Å². The van der Waals surface area contributed by atoms with Gasteiger partial charge < -0.3 is 4.57 Å². The molecule has 3 heterocycles. The third-order valence-corrected chi connectivity index (χ3v) is 4.48. The minimum Gasteiger partial charge on any atom is -0.324 e. The van der Waals surface area contributed by atoms with Gasteiger partial charge in [0.15, 0.2) is 11.6 Å². The molecular weight excluding hydrogens is 375 g/mol. The highest BCUT2D eigenvalue weighted by Crippen LogP contribution is 2.14. The van der Waals surface area contributed by atoms with Crippen molar-refractivity contribution in [2.24, 2.45) is 0 Å². The van der Waals surface area contributed by atoms with Crippen LogP contribution < -0.4 is 11.2 Å². The maximum Gasteiger partial charge on any atom is 0.352 e. The number of ketones is 1. The largest absolute Gasteiger partial charge is 0.352 e. The molecule has 0 amide bonds. The van der Waals surface area contributed by atoms with Crippen molar-refractivity contribution in [2.75, 3.05) is 0 Å². The van der Waals surface area contributed by atoms with E-state index in [1.807, 2.05) is 0 Å². The van der Waals surface area contributed by atoms with Gasteiger partial charge in [0.1, 0.15) is 5.82 Å². The van der Waals surface area contributed by atoms with E-state index < -0.39 is 17.1 Å². The Balaban J connectivity index is 1.72. The second kappa shape index (κ2) is 7.59. The molecule has 0 radical (unpaired) electrons. The highest BCUT2D eigenvalue weighted by Gasteiger charge is 2.19. The first-order chi connectivity index (χ1) is 14.0. The van der Waals surface area contributed by atoms with E-state index in [4.69, 9.17) is 0 Å². The molecule has 0 bridgehead atoms. The van der Waals surface area contributed by atoms with Crippen LogP contribution in [0.25, 0.3) is 11.4 Å². The van der Waals surface area contributed by atoms with E-state index in [-0.39, 0.29) is 30.3 Å². The number of rotatable bonds is 5. The Morgan fingerprint density at radius 3 is 2.52 bits per heavy atom. The van der Waals surface area contributed by atoms with E-state index in [0.717, 1.165) is 4.57 Å². The number of halogens is 1. The number of Topliss-reactive ketones (excluding diaryl/α,β-unsaturated/α-hetero) is 1. The van der Waals surface area contributed by atoms with Crippen molar-refractivity contribution in [1.29, 1.82) is 0 Å². The van der Waals surface area contributed by atoms with Crippen molar-refractivity contribution in [3.8, 4) is 11.4 Å². The number of pyridine rings is 2. The maximum absolute atomic E-state index is 13.1. The Morgan fingerprint density at radius 2 is 1.79 bits per heavy atom.